The van der Waals surface area contributed by atoms with Crippen LogP contribution in [-0.2, 0) is 0 Å². The van der Waals surface area contributed by atoms with Crippen molar-refractivity contribution in [1.82, 2.24) is 24.5 Å². The molecule has 1 atom stereocenters. The lowest BCUT2D eigenvalue weighted by Gasteiger charge is -2.22. The van der Waals surface area contributed by atoms with Gasteiger partial charge in [0.05, 0.1) is 16.3 Å². The lowest BCUT2D eigenvalue weighted by atomic mass is 10.2. The summed E-state index contributed by atoms with van der Waals surface area (Å²) in [5, 5.41) is 9.37. The van der Waals surface area contributed by atoms with Crippen molar-refractivity contribution in [3.8, 4) is 10.8 Å². The van der Waals surface area contributed by atoms with Crippen LogP contribution in [0.4, 0.5) is 0 Å². The first-order valence-electron chi connectivity index (χ1n) is 9.84. The van der Waals surface area contributed by atoms with Crippen LogP contribution in [0.3, 0.4) is 0 Å². The van der Waals surface area contributed by atoms with E-state index in [0.717, 1.165) is 39.5 Å². The number of para-hydroxylation sites is 1. The standard InChI is InChI=1S/C22H17N5O2S/c28-22(17-11-10-16(29-17)21-23-14-6-1-2-8-18(14)30-21)26-13-5-7-15(26)20-25-24-19-9-3-4-12-27(19)20/h1-4,6,8-12,15H,5,7,13H2. The molecule has 1 aliphatic heterocycles. The molecule has 5 heterocycles. The molecule has 148 valence electrons. The van der Waals surface area contributed by atoms with E-state index in [1.165, 1.54) is 0 Å². The summed E-state index contributed by atoms with van der Waals surface area (Å²) < 4.78 is 8.98. The molecule has 1 saturated heterocycles. The number of carbonyl (C=O) groups excluding carboxylic acids is 1. The highest BCUT2D eigenvalue weighted by Gasteiger charge is 2.35. The van der Waals surface area contributed by atoms with E-state index in [1.54, 1.807) is 17.4 Å². The molecule has 1 amide bonds. The van der Waals surface area contributed by atoms with Crippen LogP contribution >= 0.6 is 11.3 Å². The maximum absolute atomic E-state index is 13.3. The third-order valence-electron chi connectivity index (χ3n) is 5.47. The average Bonchev–Trinajstić information content (AvgIpc) is 3.57. The van der Waals surface area contributed by atoms with Crippen LogP contribution < -0.4 is 0 Å². The van der Waals surface area contributed by atoms with Crippen molar-refractivity contribution in [2.75, 3.05) is 6.54 Å². The maximum atomic E-state index is 13.3. The Morgan fingerprint density at radius 2 is 1.97 bits per heavy atom. The zero-order chi connectivity index (χ0) is 20.1. The monoisotopic (exact) mass is 415 g/mol. The van der Waals surface area contributed by atoms with E-state index in [-0.39, 0.29) is 11.9 Å². The first kappa shape index (κ1) is 17.3. The van der Waals surface area contributed by atoms with Gasteiger partial charge in [-0.1, -0.05) is 18.2 Å². The average molecular weight is 415 g/mol. The largest absolute Gasteiger partial charge is 0.448 e. The highest BCUT2D eigenvalue weighted by atomic mass is 32.1. The van der Waals surface area contributed by atoms with E-state index < -0.39 is 0 Å². The molecule has 5 aromatic rings. The Morgan fingerprint density at radius 3 is 2.90 bits per heavy atom. The number of likely N-dealkylation sites (tertiary alicyclic amines) is 1. The van der Waals surface area contributed by atoms with E-state index >= 15 is 0 Å². The summed E-state index contributed by atoms with van der Waals surface area (Å²) in [4.78, 5) is 19.7. The second kappa shape index (κ2) is 6.77. The quantitative estimate of drug-likeness (QED) is 0.431. The molecular weight excluding hydrogens is 398 g/mol. The first-order valence-corrected chi connectivity index (χ1v) is 10.7. The van der Waals surface area contributed by atoms with Crippen LogP contribution in [0.1, 0.15) is 35.3 Å². The third kappa shape index (κ3) is 2.72. The number of carbonyl (C=O) groups is 1. The molecule has 1 fully saturated rings. The fourth-order valence-electron chi connectivity index (χ4n) is 4.05. The van der Waals surface area contributed by atoms with Gasteiger partial charge in [0.1, 0.15) is 0 Å². The van der Waals surface area contributed by atoms with Crippen LogP contribution in [0.25, 0.3) is 26.6 Å². The number of hydrogen-bond acceptors (Lipinski definition) is 6. The number of rotatable bonds is 3. The van der Waals surface area contributed by atoms with E-state index in [9.17, 15) is 4.79 Å². The highest BCUT2D eigenvalue weighted by Crippen LogP contribution is 2.35. The topological polar surface area (TPSA) is 76.5 Å². The number of hydrogen-bond donors (Lipinski definition) is 0. The molecule has 1 aliphatic rings. The number of aromatic nitrogens is 4. The molecule has 1 aromatic carbocycles. The van der Waals surface area contributed by atoms with Crippen molar-refractivity contribution in [2.24, 2.45) is 0 Å². The maximum Gasteiger partial charge on any atom is 0.290 e. The van der Waals surface area contributed by atoms with Gasteiger partial charge in [-0.3, -0.25) is 9.20 Å². The number of pyridine rings is 1. The van der Waals surface area contributed by atoms with Gasteiger partial charge in [0.25, 0.3) is 5.91 Å². The second-order valence-corrected chi connectivity index (χ2v) is 8.32. The Labute approximate surface area is 175 Å². The van der Waals surface area contributed by atoms with Gasteiger partial charge in [-0.25, -0.2) is 4.98 Å². The van der Waals surface area contributed by atoms with E-state index in [2.05, 4.69) is 15.2 Å². The molecular formula is C22H17N5O2S. The van der Waals surface area contributed by atoms with Gasteiger partial charge in [-0.15, -0.1) is 21.5 Å². The minimum atomic E-state index is -0.127. The molecule has 0 radical (unpaired) electrons. The zero-order valence-electron chi connectivity index (χ0n) is 15.9. The van der Waals surface area contributed by atoms with Crippen LogP contribution in [0.5, 0.6) is 0 Å². The molecule has 0 bridgehead atoms. The van der Waals surface area contributed by atoms with Crippen molar-refractivity contribution in [2.45, 2.75) is 18.9 Å². The van der Waals surface area contributed by atoms with Gasteiger partial charge in [0, 0.05) is 12.7 Å². The van der Waals surface area contributed by atoms with Gasteiger partial charge in [0.15, 0.2) is 28.0 Å². The SMILES string of the molecule is O=C(c1ccc(-c2nc3ccccc3s2)o1)N1CCCC1c1nnc2ccccn12. The summed E-state index contributed by atoms with van der Waals surface area (Å²) in [6.07, 6.45) is 3.71. The van der Waals surface area contributed by atoms with Gasteiger partial charge in [-0.05, 0) is 49.2 Å². The molecule has 1 unspecified atom stereocenters. The van der Waals surface area contributed by atoms with E-state index in [0.29, 0.717) is 18.1 Å². The predicted molar refractivity (Wildman–Crippen MR) is 113 cm³/mol. The van der Waals surface area contributed by atoms with Gasteiger partial charge in [-0.2, -0.15) is 0 Å². The Balaban J connectivity index is 1.31. The van der Waals surface area contributed by atoms with Crippen LogP contribution in [0, 0.1) is 0 Å². The Morgan fingerprint density at radius 1 is 1.07 bits per heavy atom. The number of thiazole rings is 1. The molecule has 0 N–H and O–H groups in total. The Kier molecular flexibility index (Phi) is 3.92. The van der Waals surface area contributed by atoms with Crippen LogP contribution in [0.2, 0.25) is 0 Å². The van der Waals surface area contributed by atoms with Crippen molar-refractivity contribution < 1.29 is 9.21 Å². The third-order valence-corrected chi connectivity index (χ3v) is 6.52. The summed E-state index contributed by atoms with van der Waals surface area (Å²) in [5.41, 5.74) is 1.71. The number of benzene rings is 1. The first-order chi connectivity index (χ1) is 14.8. The molecule has 4 aromatic heterocycles. The minimum Gasteiger partial charge on any atom is -0.448 e. The fraction of sp³-hybridized carbons (Fsp3) is 0.182. The lowest BCUT2D eigenvalue weighted by molar-refractivity contribution is 0.0698. The summed E-state index contributed by atoms with van der Waals surface area (Å²) in [7, 11) is 0. The van der Waals surface area contributed by atoms with Crippen molar-refractivity contribution >= 4 is 33.1 Å². The minimum absolute atomic E-state index is 0.120. The summed E-state index contributed by atoms with van der Waals surface area (Å²) >= 11 is 1.56. The Hall–Kier alpha value is -3.52. The number of nitrogens with zero attached hydrogens (tertiary/aromatic N) is 5. The summed E-state index contributed by atoms with van der Waals surface area (Å²) in [6, 6.07) is 17.2. The zero-order valence-corrected chi connectivity index (χ0v) is 16.7. The van der Waals surface area contributed by atoms with E-state index in [1.807, 2.05) is 64.0 Å². The van der Waals surface area contributed by atoms with Crippen LogP contribution in [-0.4, -0.2) is 36.9 Å². The van der Waals surface area contributed by atoms with Crippen molar-refractivity contribution in [3.63, 3.8) is 0 Å². The molecule has 0 saturated carbocycles. The smallest absolute Gasteiger partial charge is 0.290 e. The number of furan rings is 1. The Bertz CT molecular complexity index is 1350. The molecule has 8 heteroatoms. The molecule has 0 spiro atoms. The molecule has 30 heavy (non-hydrogen) atoms. The van der Waals surface area contributed by atoms with Crippen molar-refractivity contribution in [1.29, 1.82) is 0 Å². The van der Waals surface area contributed by atoms with E-state index in [4.69, 9.17) is 4.42 Å². The number of amides is 1. The molecule has 7 nitrogen and oxygen atoms in total. The second-order valence-electron chi connectivity index (χ2n) is 7.29. The van der Waals surface area contributed by atoms with Gasteiger partial charge in [0.2, 0.25) is 0 Å². The summed E-state index contributed by atoms with van der Waals surface area (Å²) in [6.45, 7) is 0.669. The number of fused-ring (bicyclic) bond motifs is 2. The molecule has 0 aliphatic carbocycles. The summed E-state index contributed by atoms with van der Waals surface area (Å²) in [5.74, 6) is 1.60. The fourth-order valence-corrected chi connectivity index (χ4v) is 4.98. The van der Waals surface area contributed by atoms with Crippen molar-refractivity contribution in [3.05, 3.63) is 72.4 Å². The normalized spacial score (nSPS) is 16.7. The van der Waals surface area contributed by atoms with Gasteiger partial charge >= 0.3 is 0 Å². The molecule has 6 rings (SSSR count). The highest BCUT2D eigenvalue weighted by molar-refractivity contribution is 7.21. The van der Waals surface area contributed by atoms with Gasteiger partial charge < -0.3 is 9.32 Å². The lowest BCUT2D eigenvalue weighted by Crippen LogP contribution is -2.31. The van der Waals surface area contributed by atoms with Crippen LogP contribution in [0.15, 0.2) is 65.2 Å². The predicted octanol–water partition coefficient (Wildman–Crippen LogP) is 4.58.